The summed E-state index contributed by atoms with van der Waals surface area (Å²) in [7, 11) is 0. The maximum Gasteiger partial charge on any atom is 0.350 e. The van der Waals surface area contributed by atoms with Crippen LogP contribution in [0.4, 0.5) is 19.3 Å². The first-order chi connectivity index (χ1) is 13.0. The third-order valence-corrected chi connectivity index (χ3v) is 6.01. The first-order valence-corrected chi connectivity index (χ1v) is 9.82. The topological polar surface area (TPSA) is 56.7 Å². The van der Waals surface area contributed by atoms with Gasteiger partial charge >= 0.3 is 6.03 Å². The third kappa shape index (κ3) is 3.33. The van der Waals surface area contributed by atoms with E-state index < -0.39 is 23.6 Å². The number of benzene rings is 1. The molecule has 1 aliphatic carbocycles. The molecule has 4 atom stereocenters. The van der Waals surface area contributed by atoms with Gasteiger partial charge in [0.25, 0.3) is 0 Å². The Bertz CT molecular complexity index is 755. The average Bonchev–Trinajstić information content (AvgIpc) is 2.87. The summed E-state index contributed by atoms with van der Waals surface area (Å²) in [6.07, 6.45) is 3.50. The molecule has 0 aromatic heterocycles. The van der Waals surface area contributed by atoms with Gasteiger partial charge in [0.05, 0.1) is 6.04 Å². The van der Waals surface area contributed by atoms with E-state index in [-0.39, 0.29) is 12.1 Å². The van der Waals surface area contributed by atoms with E-state index in [1.807, 2.05) is 0 Å². The zero-order chi connectivity index (χ0) is 19.0. The van der Waals surface area contributed by atoms with Crippen molar-refractivity contribution in [3.8, 4) is 0 Å². The standard InChI is InChI=1S/C20H26F2N4O/c1-13-12-20(9-10-23-13)18(24-17-8-3-2-7-16(17)22)25-19(27)26(20)15-6-4-5-14(21)11-15/h4-6,11,13,16-17,23H,2-3,7-10,12H2,1H3,(H,24,25,27)/t13?,16-,17-,20-/m1/s1. The highest BCUT2D eigenvalue weighted by atomic mass is 19.1. The smallest absolute Gasteiger partial charge is 0.350 e. The predicted octanol–water partition coefficient (Wildman–Crippen LogP) is 3.55. The highest BCUT2D eigenvalue weighted by Crippen LogP contribution is 2.39. The van der Waals surface area contributed by atoms with Crippen LogP contribution in [0.3, 0.4) is 0 Å². The van der Waals surface area contributed by atoms with E-state index in [2.05, 4.69) is 22.5 Å². The van der Waals surface area contributed by atoms with Gasteiger partial charge in [0.15, 0.2) is 0 Å². The van der Waals surface area contributed by atoms with Gasteiger partial charge in [0.1, 0.15) is 23.4 Å². The van der Waals surface area contributed by atoms with Gasteiger partial charge in [-0.25, -0.2) is 13.6 Å². The molecule has 2 N–H and O–H groups in total. The van der Waals surface area contributed by atoms with Gasteiger partial charge in [-0.15, -0.1) is 0 Å². The summed E-state index contributed by atoms with van der Waals surface area (Å²) >= 11 is 0. The number of carbonyl (C=O) groups excluding carboxylic acids is 1. The Hall–Kier alpha value is -2.02. The minimum atomic E-state index is -0.934. The Balaban J connectivity index is 1.70. The van der Waals surface area contributed by atoms with E-state index in [4.69, 9.17) is 0 Å². The Labute approximate surface area is 158 Å². The number of carbonyl (C=O) groups is 1. The van der Waals surface area contributed by atoms with Crippen molar-refractivity contribution in [1.82, 2.24) is 10.6 Å². The fraction of sp³-hybridized carbons (Fsp3) is 0.600. The molecule has 0 radical (unpaired) electrons. The van der Waals surface area contributed by atoms with Gasteiger partial charge in [-0.3, -0.25) is 4.90 Å². The lowest BCUT2D eigenvalue weighted by atomic mass is 9.81. The monoisotopic (exact) mass is 376 g/mol. The third-order valence-electron chi connectivity index (χ3n) is 6.01. The van der Waals surface area contributed by atoms with E-state index in [1.54, 1.807) is 17.0 Å². The molecule has 2 amide bonds. The van der Waals surface area contributed by atoms with E-state index in [1.165, 1.54) is 12.1 Å². The minimum Gasteiger partial charge on any atom is -0.366 e. The maximum absolute atomic E-state index is 14.4. The molecular weight excluding hydrogens is 350 g/mol. The van der Waals surface area contributed by atoms with E-state index in [9.17, 15) is 13.6 Å². The molecule has 1 aromatic rings. The van der Waals surface area contributed by atoms with Crippen LogP contribution in [-0.2, 0) is 0 Å². The van der Waals surface area contributed by atoms with Crippen LogP contribution in [0.5, 0.6) is 0 Å². The Morgan fingerprint density at radius 2 is 2.15 bits per heavy atom. The summed E-state index contributed by atoms with van der Waals surface area (Å²) in [5.41, 5.74) is -0.192. The largest absolute Gasteiger partial charge is 0.366 e. The lowest BCUT2D eigenvalue weighted by Crippen LogP contribution is -2.64. The van der Waals surface area contributed by atoms with Crippen LogP contribution in [-0.4, -0.2) is 42.2 Å². The van der Waals surface area contributed by atoms with Gasteiger partial charge in [0.2, 0.25) is 0 Å². The molecule has 2 heterocycles. The summed E-state index contributed by atoms with van der Waals surface area (Å²) < 4.78 is 28.3. The van der Waals surface area contributed by atoms with Crippen molar-refractivity contribution in [3.63, 3.8) is 0 Å². The summed E-state index contributed by atoms with van der Waals surface area (Å²) in [6, 6.07) is 5.48. The molecular formula is C20H26F2N4O. The average molecular weight is 376 g/mol. The van der Waals surface area contributed by atoms with Crippen molar-refractivity contribution in [2.45, 2.75) is 69.2 Å². The van der Waals surface area contributed by atoms with Crippen molar-refractivity contribution in [2.24, 2.45) is 4.99 Å². The zero-order valence-electron chi connectivity index (χ0n) is 15.5. The second-order valence-electron chi connectivity index (χ2n) is 7.95. The van der Waals surface area contributed by atoms with Crippen molar-refractivity contribution in [3.05, 3.63) is 30.1 Å². The Morgan fingerprint density at radius 3 is 2.89 bits per heavy atom. The highest BCUT2D eigenvalue weighted by molar-refractivity contribution is 6.16. The summed E-state index contributed by atoms with van der Waals surface area (Å²) in [6.45, 7) is 2.77. The number of hydrogen-bond acceptors (Lipinski definition) is 3. The molecule has 3 aliphatic rings. The van der Waals surface area contributed by atoms with E-state index in [0.717, 1.165) is 19.3 Å². The number of piperidine rings is 1. The number of anilines is 1. The van der Waals surface area contributed by atoms with Gasteiger partial charge in [0, 0.05) is 11.7 Å². The SMILES string of the molecule is CC1C[C@]2(CCN1)C(N[C@@H]1CCCC[C@H]1F)=NC(=O)N2c1cccc(F)c1. The predicted molar refractivity (Wildman–Crippen MR) is 101 cm³/mol. The van der Waals surface area contributed by atoms with Gasteiger partial charge in [-0.1, -0.05) is 18.9 Å². The quantitative estimate of drug-likeness (QED) is 0.830. The molecule has 0 bridgehead atoms. The van der Waals surface area contributed by atoms with E-state index in [0.29, 0.717) is 37.3 Å². The number of alkyl halides is 1. The summed E-state index contributed by atoms with van der Waals surface area (Å²) in [5, 5.41) is 6.68. The zero-order valence-corrected chi connectivity index (χ0v) is 15.5. The van der Waals surface area contributed by atoms with Crippen LogP contribution in [0.25, 0.3) is 0 Å². The lowest BCUT2D eigenvalue weighted by molar-refractivity contribution is 0.201. The fourth-order valence-corrected chi connectivity index (χ4v) is 4.73. The van der Waals surface area contributed by atoms with Crippen LogP contribution in [0.2, 0.25) is 0 Å². The van der Waals surface area contributed by atoms with Gasteiger partial charge < -0.3 is 10.6 Å². The number of halogens is 2. The van der Waals surface area contributed by atoms with Crippen LogP contribution >= 0.6 is 0 Å². The minimum absolute atomic E-state index is 0.167. The summed E-state index contributed by atoms with van der Waals surface area (Å²) in [4.78, 5) is 18.8. The first kappa shape index (κ1) is 18.3. The molecule has 1 saturated heterocycles. The number of nitrogens with zero attached hydrogens (tertiary/aromatic N) is 2. The number of rotatable bonds is 2. The van der Waals surface area contributed by atoms with Crippen LogP contribution in [0.15, 0.2) is 29.3 Å². The second kappa shape index (κ2) is 7.19. The van der Waals surface area contributed by atoms with Crippen LogP contribution < -0.4 is 15.5 Å². The number of amidine groups is 1. The molecule has 2 aliphatic heterocycles. The van der Waals surface area contributed by atoms with Crippen molar-refractivity contribution >= 4 is 17.6 Å². The van der Waals surface area contributed by atoms with Gasteiger partial charge in [-0.2, -0.15) is 4.99 Å². The Kier molecular flexibility index (Phi) is 4.88. The van der Waals surface area contributed by atoms with Crippen molar-refractivity contribution < 1.29 is 13.6 Å². The molecule has 2 fully saturated rings. The summed E-state index contributed by atoms with van der Waals surface area (Å²) in [5.74, 6) is 0.148. The van der Waals surface area contributed by atoms with E-state index >= 15 is 0 Å². The number of hydrogen-bond donors (Lipinski definition) is 2. The molecule has 1 unspecified atom stereocenters. The number of aliphatic imine (C=N–C) groups is 1. The number of nitrogens with one attached hydrogen (secondary N) is 2. The molecule has 1 saturated carbocycles. The first-order valence-electron chi connectivity index (χ1n) is 9.82. The van der Waals surface area contributed by atoms with Crippen molar-refractivity contribution in [2.75, 3.05) is 11.4 Å². The second-order valence-corrected chi connectivity index (χ2v) is 7.95. The molecule has 1 aromatic carbocycles. The normalized spacial score (nSPS) is 34.0. The van der Waals surface area contributed by atoms with Crippen LogP contribution in [0.1, 0.15) is 45.4 Å². The molecule has 7 heteroatoms. The van der Waals surface area contributed by atoms with Crippen LogP contribution in [0, 0.1) is 5.82 Å². The van der Waals surface area contributed by atoms with Gasteiger partial charge in [-0.05, 0) is 57.4 Å². The molecule has 5 nitrogen and oxygen atoms in total. The Morgan fingerprint density at radius 1 is 1.33 bits per heavy atom. The molecule has 1 spiro atoms. The number of amides is 2. The highest BCUT2D eigenvalue weighted by Gasteiger charge is 2.53. The molecule has 27 heavy (non-hydrogen) atoms. The number of urea groups is 1. The maximum atomic E-state index is 14.4. The fourth-order valence-electron chi connectivity index (χ4n) is 4.73. The lowest BCUT2D eigenvalue weighted by Gasteiger charge is -2.45. The molecule has 146 valence electrons. The molecule has 4 rings (SSSR count). The van der Waals surface area contributed by atoms with Crippen molar-refractivity contribution in [1.29, 1.82) is 0 Å².